The van der Waals surface area contributed by atoms with Gasteiger partial charge in [-0.3, -0.25) is 4.79 Å². The first kappa shape index (κ1) is 20.0. The third kappa shape index (κ3) is 5.34. The van der Waals surface area contributed by atoms with Crippen molar-refractivity contribution in [3.8, 4) is 0 Å². The van der Waals surface area contributed by atoms with Gasteiger partial charge >= 0.3 is 0 Å². The summed E-state index contributed by atoms with van der Waals surface area (Å²) in [7, 11) is 0. The Morgan fingerprint density at radius 3 is 2.29 bits per heavy atom. The summed E-state index contributed by atoms with van der Waals surface area (Å²) in [5.41, 5.74) is 0. The van der Waals surface area contributed by atoms with Crippen LogP contribution in [0.25, 0.3) is 0 Å². The first-order valence-corrected chi connectivity index (χ1v) is 9.89. The van der Waals surface area contributed by atoms with E-state index in [1.807, 2.05) is 0 Å². The van der Waals surface area contributed by atoms with Crippen molar-refractivity contribution in [2.24, 2.45) is 11.8 Å². The molecule has 3 rings (SSSR count). The SMILES string of the molecule is CC1CCN(C2CCC(NC(=O)[C@H]3CCN[C@@H](C)C3)CC2)CC1.Cl. The second-order valence-corrected chi connectivity index (χ2v) is 8.31. The van der Waals surface area contributed by atoms with Crippen LogP contribution in [0.4, 0.5) is 0 Å². The molecule has 2 N–H and O–H groups in total. The van der Waals surface area contributed by atoms with E-state index >= 15 is 0 Å². The monoisotopic (exact) mass is 357 g/mol. The summed E-state index contributed by atoms with van der Waals surface area (Å²) in [4.78, 5) is 15.2. The van der Waals surface area contributed by atoms with Crippen molar-refractivity contribution in [1.82, 2.24) is 15.5 Å². The zero-order chi connectivity index (χ0) is 16.2. The maximum absolute atomic E-state index is 12.5. The molecule has 3 fully saturated rings. The first-order chi connectivity index (χ1) is 11.1. The molecular formula is C19H36ClN3O. The Hall–Kier alpha value is -0.320. The molecule has 0 spiro atoms. The highest BCUT2D eigenvalue weighted by Gasteiger charge is 2.30. The largest absolute Gasteiger partial charge is 0.353 e. The fourth-order valence-corrected chi connectivity index (χ4v) is 4.67. The fraction of sp³-hybridized carbons (Fsp3) is 0.947. The molecule has 0 bridgehead atoms. The molecule has 0 aromatic carbocycles. The first-order valence-electron chi connectivity index (χ1n) is 9.89. The van der Waals surface area contributed by atoms with E-state index in [0.29, 0.717) is 18.0 Å². The molecule has 0 aromatic heterocycles. The summed E-state index contributed by atoms with van der Waals surface area (Å²) in [6.07, 6.45) is 9.59. The van der Waals surface area contributed by atoms with E-state index in [-0.39, 0.29) is 18.3 Å². The number of carbonyl (C=O) groups excluding carboxylic acids is 1. The number of halogens is 1. The Labute approximate surface area is 153 Å². The van der Waals surface area contributed by atoms with Gasteiger partial charge < -0.3 is 15.5 Å². The summed E-state index contributed by atoms with van der Waals surface area (Å²) in [5, 5.41) is 6.78. The van der Waals surface area contributed by atoms with Crippen molar-refractivity contribution in [3.63, 3.8) is 0 Å². The average Bonchev–Trinajstić information content (AvgIpc) is 2.56. The molecule has 24 heavy (non-hydrogen) atoms. The van der Waals surface area contributed by atoms with E-state index in [0.717, 1.165) is 31.3 Å². The van der Waals surface area contributed by atoms with Crippen LogP contribution in [0.3, 0.4) is 0 Å². The molecule has 0 radical (unpaired) electrons. The standard InChI is InChI=1S/C19H35N3O.ClH/c1-14-8-11-22(12-9-14)18-5-3-17(4-6-18)21-19(23)16-7-10-20-15(2)13-16;/h14-18,20H,3-13H2,1-2H3,(H,21,23);1H/t15-,16-,17?,18?;/m0./s1. The van der Waals surface area contributed by atoms with Crippen molar-refractivity contribution < 1.29 is 4.79 Å². The van der Waals surface area contributed by atoms with Crippen molar-refractivity contribution in [1.29, 1.82) is 0 Å². The zero-order valence-corrected chi connectivity index (χ0v) is 16.2. The normalized spacial score (nSPS) is 35.9. The Kier molecular flexibility index (Phi) is 7.83. The van der Waals surface area contributed by atoms with Crippen molar-refractivity contribution in [2.75, 3.05) is 19.6 Å². The topological polar surface area (TPSA) is 44.4 Å². The van der Waals surface area contributed by atoms with Crippen molar-refractivity contribution >= 4 is 18.3 Å². The molecule has 1 saturated carbocycles. The minimum atomic E-state index is 0. The highest BCUT2D eigenvalue weighted by Crippen LogP contribution is 2.27. The van der Waals surface area contributed by atoms with Crippen molar-refractivity contribution in [3.05, 3.63) is 0 Å². The number of rotatable bonds is 3. The van der Waals surface area contributed by atoms with E-state index in [9.17, 15) is 4.79 Å². The second-order valence-electron chi connectivity index (χ2n) is 8.31. The van der Waals surface area contributed by atoms with Crippen LogP contribution in [0.5, 0.6) is 0 Å². The molecule has 0 unspecified atom stereocenters. The Morgan fingerprint density at radius 1 is 1.00 bits per heavy atom. The molecule has 2 saturated heterocycles. The number of nitrogens with zero attached hydrogens (tertiary/aromatic N) is 1. The quantitative estimate of drug-likeness (QED) is 0.816. The highest BCUT2D eigenvalue weighted by molar-refractivity contribution is 5.85. The van der Waals surface area contributed by atoms with Gasteiger partial charge in [0.1, 0.15) is 0 Å². The van der Waals surface area contributed by atoms with Crippen LogP contribution < -0.4 is 10.6 Å². The minimum absolute atomic E-state index is 0. The summed E-state index contributed by atoms with van der Waals surface area (Å²) in [6.45, 7) is 8.13. The summed E-state index contributed by atoms with van der Waals surface area (Å²) < 4.78 is 0. The smallest absolute Gasteiger partial charge is 0.223 e. The summed E-state index contributed by atoms with van der Waals surface area (Å²) in [6, 6.07) is 1.68. The Bertz CT molecular complexity index is 390. The minimum Gasteiger partial charge on any atom is -0.353 e. The Morgan fingerprint density at radius 2 is 1.67 bits per heavy atom. The van der Waals surface area contributed by atoms with Crippen LogP contribution in [0, 0.1) is 11.8 Å². The number of piperidine rings is 2. The molecule has 140 valence electrons. The third-order valence-corrected chi connectivity index (χ3v) is 6.37. The number of hydrogen-bond donors (Lipinski definition) is 2. The third-order valence-electron chi connectivity index (χ3n) is 6.37. The van der Waals surface area contributed by atoms with E-state index in [1.54, 1.807) is 0 Å². The number of likely N-dealkylation sites (tertiary alicyclic amines) is 1. The lowest BCUT2D eigenvalue weighted by atomic mass is 9.87. The Balaban J connectivity index is 0.00000208. The number of hydrogen-bond acceptors (Lipinski definition) is 3. The summed E-state index contributed by atoms with van der Waals surface area (Å²) in [5.74, 6) is 1.45. The molecule has 0 aromatic rings. The predicted molar refractivity (Wildman–Crippen MR) is 102 cm³/mol. The molecule has 4 nitrogen and oxygen atoms in total. The van der Waals surface area contributed by atoms with Crippen LogP contribution in [0.15, 0.2) is 0 Å². The van der Waals surface area contributed by atoms with E-state index in [2.05, 4.69) is 29.4 Å². The average molecular weight is 358 g/mol. The van der Waals surface area contributed by atoms with Crippen LogP contribution >= 0.6 is 12.4 Å². The number of nitrogens with one attached hydrogen (secondary N) is 2. The lowest BCUT2D eigenvalue weighted by molar-refractivity contribution is -0.127. The maximum Gasteiger partial charge on any atom is 0.223 e. The van der Waals surface area contributed by atoms with Gasteiger partial charge in [-0.15, -0.1) is 12.4 Å². The van der Waals surface area contributed by atoms with Gasteiger partial charge in [0.25, 0.3) is 0 Å². The zero-order valence-electron chi connectivity index (χ0n) is 15.4. The van der Waals surface area contributed by atoms with Crippen LogP contribution in [0.1, 0.15) is 65.2 Å². The lowest BCUT2D eigenvalue weighted by Crippen LogP contribution is -2.48. The van der Waals surface area contributed by atoms with E-state index in [4.69, 9.17) is 0 Å². The molecular weight excluding hydrogens is 322 g/mol. The van der Waals surface area contributed by atoms with Crippen molar-refractivity contribution in [2.45, 2.75) is 83.3 Å². The molecule has 2 heterocycles. The van der Waals surface area contributed by atoms with E-state index in [1.165, 1.54) is 51.6 Å². The van der Waals surface area contributed by atoms with Gasteiger partial charge in [0.15, 0.2) is 0 Å². The van der Waals surface area contributed by atoms with Crippen LogP contribution in [-0.4, -0.2) is 48.6 Å². The predicted octanol–water partition coefficient (Wildman–Crippen LogP) is 2.96. The van der Waals surface area contributed by atoms with Crippen LogP contribution in [0.2, 0.25) is 0 Å². The highest BCUT2D eigenvalue weighted by atomic mass is 35.5. The van der Waals surface area contributed by atoms with Crippen LogP contribution in [-0.2, 0) is 4.79 Å². The van der Waals surface area contributed by atoms with E-state index < -0.39 is 0 Å². The van der Waals surface area contributed by atoms with Gasteiger partial charge in [-0.1, -0.05) is 6.92 Å². The number of amides is 1. The van der Waals surface area contributed by atoms with Gasteiger partial charge in [0, 0.05) is 24.0 Å². The second kappa shape index (κ2) is 9.40. The lowest BCUT2D eigenvalue weighted by Gasteiger charge is -2.40. The maximum atomic E-state index is 12.5. The van der Waals surface area contributed by atoms with Gasteiger partial charge in [-0.2, -0.15) is 0 Å². The molecule has 5 heteroatoms. The number of carbonyl (C=O) groups is 1. The van der Waals surface area contributed by atoms with Gasteiger partial charge in [-0.25, -0.2) is 0 Å². The molecule has 3 aliphatic rings. The molecule has 1 aliphatic carbocycles. The van der Waals surface area contributed by atoms with Gasteiger partial charge in [-0.05, 0) is 83.8 Å². The van der Waals surface area contributed by atoms with Gasteiger partial charge in [0.2, 0.25) is 5.91 Å². The van der Waals surface area contributed by atoms with Gasteiger partial charge in [0.05, 0.1) is 0 Å². The molecule has 2 atom stereocenters. The molecule has 1 amide bonds. The summed E-state index contributed by atoms with van der Waals surface area (Å²) >= 11 is 0. The molecule has 2 aliphatic heterocycles. The fourth-order valence-electron chi connectivity index (χ4n) is 4.67.